The van der Waals surface area contributed by atoms with Crippen molar-refractivity contribution in [3.63, 3.8) is 0 Å². The molecule has 3 aromatic carbocycles. The molecule has 0 aliphatic carbocycles. The van der Waals surface area contributed by atoms with Gasteiger partial charge >= 0.3 is 0 Å². The Kier molecular flexibility index (Phi) is 3.80. The summed E-state index contributed by atoms with van der Waals surface area (Å²) in [5.41, 5.74) is 1.51. The second-order valence-electron chi connectivity index (χ2n) is 4.97. The van der Waals surface area contributed by atoms with Gasteiger partial charge in [-0.1, -0.05) is 66.7 Å². The van der Waals surface area contributed by atoms with E-state index in [4.69, 9.17) is 0 Å². The lowest BCUT2D eigenvalue weighted by atomic mass is 9.99. The molecule has 0 aliphatic heterocycles. The van der Waals surface area contributed by atoms with Gasteiger partial charge in [-0.2, -0.15) is 5.26 Å². The minimum absolute atomic E-state index is 0.140. The van der Waals surface area contributed by atoms with Gasteiger partial charge in [0.2, 0.25) is 5.78 Å². The fourth-order valence-corrected chi connectivity index (χ4v) is 2.35. The summed E-state index contributed by atoms with van der Waals surface area (Å²) in [7, 11) is 0. The zero-order valence-corrected chi connectivity index (χ0v) is 11.9. The first-order valence-corrected chi connectivity index (χ1v) is 6.98. The first-order valence-electron chi connectivity index (χ1n) is 6.98. The van der Waals surface area contributed by atoms with Gasteiger partial charge in [0, 0.05) is 5.56 Å². The number of benzene rings is 3. The van der Waals surface area contributed by atoms with Gasteiger partial charge in [0.15, 0.2) is 0 Å². The minimum Gasteiger partial charge on any atom is -0.288 e. The number of hydrogen-bond donors (Lipinski definition) is 0. The molecule has 0 aromatic heterocycles. The molecule has 0 amide bonds. The molecule has 0 N–H and O–H groups in total. The summed E-state index contributed by atoms with van der Waals surface area (Å²) in [5.74, 6) is -0.253. The third-order valence-electron chi connectivity index (χ3n) is 3.49. The average Bonchev–Trinajstić information content (AvgIpc) is 2.59. The van der Waals surface area contributed by atoms with Gasteiger partial charge in [0.25, 0.3) is 0 Å². The highest BCUT2D eigenvalue weighted by Crippen LogP contribution is 2.19. The molecule has 3 rings (SSSR count). The Morgan fingerprint density at radius 3 is 2.27 bits per heavy atom. The van der Waals surface area contributed by atoms with Crippen molar-refractivity contribution in [3.05, 3.63) is 89.5 Å². The van der Waals surface area contributed by atoms with E-state index in [1.807, 2.05) is 72.8 Å². The van der Waals surface area contributed by atoms with Crippen LogP contribution in [0.1, 0.15) is 15.9 Å². The van der Waals surface area contributed by atoms with E-state index in [0.29, 0.717) is 5.56 Å². The summed E-state index contributed by atoms with van der Waals surface area (Å²) in [5, 5.41) is 11.4. The molecule has 0 aliphatic rings. The summed E-state index contributed by atoms with van der Waals surface area (Å²) in [4.78, 5) is 12.5. The van der Waals surface area contributed by atoms with Crippen LogP contribution < -0.4 is 0 Å². The zero-order chi connectivity index (χ0) is 15.4. The molecule has 0 saturated heterocycles. The third kappa shape index (κ3) is 2.79. The number of carbonyl (C=O) groups excluding carboxylic acids is 1. The number of hydrogen-bond acceptors (Lipinski definition) is 2. The van der Waals surface area contributed by atoms with Crippen molar-refractivity contribution in [2.45, 2.75) is 0 Å². The SMILES string of the molecule is N#C/C(=C\c1ccccc1)C(=O)c1ccc2ccccc2c1. The Labute approximate surface area is 128 Å². The lowest BCUT2D eigenvalue weighted by Crippen LogP contribution is -2.01. The lowest BCUT2D eigenvalue weighted by molar-refractivity contribution is 0.104. The van der Waals surface area contributed by atoms with Gasteiger partial charge in [-0.05, 0) is 28.5 Å². The minimum atomic E-state index is -0.253. The quantitative estimate of drug-likeness (QED) is 0.399. The van der Waals surface area contributed by atoms with Crippen LogP contribution >= 0.6 is 0 Å². The maximum Gasteiger partial charge on any atom is 0.203 e. The summed E-state index contributed by atoms with van der Waals surface area (Å²) < 4.78 is 0. The molecule has 0 bridgehead atoms. The summed E-state index contributed by atoms with van der Waals surface area (Å²) in [6, 6.07) is 24.7. The zero-order valence-electron chi connectivity index (χ0n) is 11.9. The van der Waals surface area contributed by atoms with E-state index in [1.165, 1.54) is 0 Å². The van der Waals surface area contributed by atoms with Crippen molar-refractivity contribution in [1.29, 1.82) is 5.26 Å². The molecule has 0 unspecified atom stereocenters. The van der Waals surface area contributed by atoms with Crippen LogP contribution in [0, 0.1) is 11.3 Å². The summed E-state index contributed by atoms with van der Waals surface area (Å²) in [6.07, 6.45) is 1.62. The topological polar surface area (TPSA) is 40.9 Å². The van der Waals surface area contributed by atoms with Gasteiger partial charge in [0.1, 0.15) is 11.6 Å². The van der Waals surface area contributed by atoms with Crippen LogP contribution in [-0.2, 0) is 0 Å². The maximum atomic E-state index is 12.5. The number of Topliss-reactive ketones (excluding diaryl/α,β-unsaturated/α-hetero) is 1. The highest BCUT2D eigenvalue weighted by Gasteiger charge is 2.12. The van der Waals surface area contributed by atoms with E-state index in [0.717, 1.165) is 16.3 Å². The molecule has 0 heterocycles. The van der Waals surface area contributed by atoms with Crippen LogP contribution in [0.5, 0.6) is 0 Å². The smallest absolute Gasteiger partial charge is 0.203 e. The average molecular weight is 283 g/mol. The molecular weight excluding hydrogens is 270 g/mol. The van der Waals surface area contributed by atoms with E-state index in [2.05, 4.69) is 0 Å². The predicted octanol–water partition coefficient (Wildman–Crippen LogP) is 4.63. The van der Waals surface area contributed by atoms with Gasteiger partial charge in [-0.25, -0.2) is 0 Å². The highest BCUT2D eigenvalue weighted by atomic mass is 16.1. The van der Waals surface area contributed by atoms with Crippen molar-refractivity contribution in [2.24, 2.45) is 0 Å². The van der Waals surface area contributed by atoms with E-state index in [1.54, 1.807) is 12.1 Å². The number of nitrogens with zero attached hydrogens (tertiary/aromatic N) is 1. The van der Waals surface area contributed by atoms with Crippen molar-refractivity contribution in [1.82, 2.24) is 0 Å². The van der Waals surface area contributed by atoms with Crippen LogP contribution in [0.4, 0.5) is 0 Å². The monoisotopic (exact) mass is 283 g/mol. The second kappa shape index (κ2) is 6.07. The number of carbonyl (C=O) groups is 1. The maximum absolute atomic E-state index is 12.5. The van der Waals surface area contributed by atoms with Gasteiger partial charge < -0.3 is 0 Å². The molecule has 0 spiro atoms. The molecule has 3 aromatic rings. The second-order valence-corrected chi connectivity index (χ2v) is 4.97. The first-order chi connectivity index (χ1) is 10.8. The fraction of sp³-hybridized carbons (Fsp3) is 0. The highest BCUT2D eigenvalue weighted by molar-refractivity contribution is 6.15. The Morgan fingerprint density at radius 2 is 1.55 bits per heavy atom. The van der Waals surface area contributed by atoms with E-state index in [9.17, 15) is 10.1 Å². The predicted molar refractivity (Wildman–Crippen MR) is 88.3 cm³/mol. The number of nitriles is 1. The van der Waals surface area contributed by atoms with E-state index in [-0.39, 0.29) is 11.4 Å². The van der Waals surface area contributed by atoms with Crippen LogP contribution in [0.2, 0.25) is 0 Å². The molecule has 0 radical (unpaired) electrons. The summed E-state index contributed by atoms with van der Waals surface area (Å²) in [6.45, 7) is 0. The van der Waals surface area contributed by atoms with Crippen LogP contribution in [0.3, 0.4) is 0 Å². The molecule has 22 heavy (non-hydrogen) atoms. The van der Waals surface area contributed by atoms with Gasteiger partial charge in [-0.3, -0.25) is 4.79 Å². The van der Waals surface area contributed by atoms with Crippen molar-refractivity contribution in [3.8, 4) is 6.07 Å². The number of ketones is 1. The van der Waals surface area contributed by atoms with Gasteiger partial charge in [-0.15, -0.1) is 0 Å². The Balaban J connectivity index is 2.00. The molecule has 2 heteroatoms. The standard InChI is InChI=1S/C20H13NO/c21-14-19(12-15-6-2-1-3-7-15)20(22)18-11-10-16-8-4-5-9-17(16)13-18/h1-13H/b19-12+. The van der Waals surface area contributed by atoms with Crippen molar-refractivity contribution in [2.75, 3.05) is 0 Å². The largest absolute Gasteiger partial charge is 0.288 e. The molecule has 0 atom stereocenters. The van der Waals surface area contributed by atoms with Crippen LogP contribution in [-0.4, -0.2) is 5.78 Å². The normalized spacial score (nSPS) is 11.1. The van der Waals surface area contributed by atoms with Gasteiger partial charge in [0.05, 0.1) is 0 Å². The van der Waals surface area contributed by atoms with Crippen molar-refractivity contribution < 1.29 is 4.79 Å². The number of fused-ring (bicyclic) bond motifs is 1. The molecule has 104 valence electrons. The van der Waals surface area contributed by atoms with Crippen LogP contribution in [0.15, 0.2) is 78.4 Å². The Hall–Kier alpha value is -3.18. The van der Waals surface area contributed by atoms with E-state index >= 15 is 0 Å². The van der Waals surface area contributed by atoms with E-state index < -0.39 is 0 Å². The lowest BCUT2D eigenvalue weighted by Gasteiger charge is -2.03. The number of allylic oxidation sites excluding steroid dienone is 1. The third-order valence-corrected chi connectivity index (χ3v) is 3.49. The fourth-order valence-electron chi connectivity index (χ4n) is 2.35. The number of rotatable bonds is 3. The molecule has 0 saturated carbocycles. The van der Waals surface area contributed by atoms with Crippen LogP contribution in [0.25, 0.3) is 16.8 Å². The molecular formula is C20H13NO. The molecule has 0 fully saturated rings. The Bertz CT molecular complexity index is 902. The first kappa shape index (κ1) is 13.8. The molecule has 2 nitrogen and oxygen atoms in total. The Morgan fingerprint density at radius 1 is 0.864 bits per heavy atom. The summed E-state index contributed by atoms with van der Waals surface area (Å²) >= 11 is 0. The van der Waals surface area contributed by atoms with Crippen molar-refractivity contribution >= 4 is 22.6 Å².